The second-order valence-corrected chi connectivity index (χ2v) is 3.19. The molecule has 1 rings (SSSR count). The van der Waals surface area contributed by atoms with E-state index >= 15 is 0 Å². The first kappa shape index (κ1) is 7.84. The fourth-order valence-electron chi connectivity index (χ4n) is 0.952. The summed E-state index contributed by atoms with van der Waals surface area (Å²) in [6, 6.07) is 0. The summed E-state index contributed by atoms with van der Waals surface area (Å²) in [5.41, 5.74) is -0.0815. The number of nitrogens with one attached hydrogen (secondary N) is 2. The van der Waals surface area contributed by atoms with Gasteiger partial charge < -0.3 is 10.6 Å². The zero-order valence-electron chi connectivity index (χ0n) is 6.55. The molecule has 1 heterocycles. The standard InChI is InChI=1S/C6H11N3O2/c1-6(2)4-7-5(8-6)3-9(10)11/h3,7-8H,4H2,1-2H3/b5-3-. The molecule has 0 aromatic heterocycles. The molecule has 0 aliphatic carbocycles. The average Bonchev–Trinajstić information content (AvgIpc) is 2.08. The molecule has 1 fully saturated rings. The molecule has 1 saturated heterocycles. The number of hydrogen-bond acceptors (Lipinski definition) is 4. The third kappa shape index (κ3) is 2.10. The molecule has 0 atom stereocenters. The van der Waals surface area contributed by atoms with Crippen LogP contribution in [0.5, 0.6) is 0 Å². The molecular formula is C6H11N3O2. The van der Waals surface area contributed by atoms with Crippen molar-refractivity contribution in [1.82, 2.24) is 10.6 Å². The van der Waals surface area contributed by atoms with Crippen molar-refractivity contribution in [2.75, 3.05) is 6.54 Å². The second kappa shape index (κ2) is 2.41. The van der Waals surface area contributed by atoms with Gasteiger partial charge in [-0.2, -0.15) is 0 Å². The van der Waals surface area contributed by atoms with Crippen LogP contribution in [0.2, 0.25) is 0 Å². The van der Waals surface area contributed by atoms with Crippen LogP contribution in [0, 0.1) is 10.1 Å². The minimum Gasteiger partial charge on any atom is -0.364 e. The highest BCUT2D eigenvalue weighted by Gasteiger charge is 2.26. The van der Waals surface area contributed by atoms with E-state index in [0.717, 1.165) is 6.20 Å². The first-order valence-electron chi connectivity index (χ1n) is 3.37. The van der Waals surface area contributed by atoms with Crippen molar-refractivity contribution in [3.05, 3.63) is 22.1 Å². The minimum absolute atomic E-state index is 0.0815. The fourth-order valence-corrected chi connectivity index (χ4v) is 0.952. The highest BCUT2D eigenvalue weighted by molar-refractivity contribution is 5.06. The van der Waals surface area contributed by atoms with Gasteiger partial charge in [0, 0.05) is 6.54 Å². The second-order valence-electron chi connectivity index (χ2n) is 3.19. The molecular weight excluding hydrogens is 146 g/mol. The molecule has 11 heavy (non-hydrogen) atoms. The van der Waals surface area contributed by atoms with E-state index in [1.165, 1.54) is 0 Å². The van der Waals surface area contributed by atoms with E-state index in [2.05, 4.69) is 10.6 Å². The van der Waals surface area contributed by atoms with Crippen LogP contribution in [0.3, 0.4) is 0 Å². The lowest BCUT2D eigenvalue weighted by Gasteiger charge is -2.14. The van der Waals surface area contributed by atoms with Gasteiger partial charge in [0.15, 0.2) is 5.82 Å². The molecule has 0 amide bonds. The van der Waals surface area contributed by atoms with Crippen molar-refractivity contribution in [2.24, 2.45) is 0 Å². The molecule has 5 heteroatoms. The Bertz CT molecular complexity index is 210. The predicted molar refractivity (Wildman–Crippen MR) is 40.3 cm³/mol. The Hall–Kier alpha value is -1.26. The quantitative estimate of drug-likeness (QED) is 0.416. The van der Waals surface area contributed by atoms with Gasteiger partial charge in [0.25, 0.3) is 6.20 Å². The van der Waals surface area contributed by atoms with E-state index in [-0.39, 0.29) is 5.54 Å². The Morgan fingerprint density at radius 1 is 1.73 bits per heavy atom. The first-order chi connectivity index (χ1) is 4.99. The maximum Gasteiger partial charge on any atom is 0.274 e. The van der Waals surface area contributed by atoms with Crippen LogP contribution >= 0.6 is 0 Å². The summed E-state index contributed by atoms with van der Waals surface area (Å²) in [7, 11) is 0. The van der Waals surface area contributed by atoms with Gasteiger partial charge in [0.05, 0.1) is 10.5 Å². The maximum atomic E-state index is 10.0. The summed E-state index contributed by atoms with van der Waals surface area (Å²) in [6.45, 7) is 4.66. The summed E-state index contributed by atoms with van der Waals surface area (Å²) in [5.74, 6) is 0.486. The molecule has 2 N–H and O–H groups in total. The summed E-state index contributed by atoms with van der Waals surface area (Å²) in [4.78, 5) is 9.54. The Balaban J connectivity index is 2.61. The lowest BCUT2D eigenvalue weighted by atomic mass is 10.1. The average molecular weight is 157 g/mol. The summed E-state index contributed by atoms with van der Waals surface area (Å²) >= 11 is 0. The highest BCUT2D eigenvalue weighted by atomic mass is 16.6. The Morgan fingerprint density at radius 2 is 2.36 bits per heavy atom. The summed E-state index contributed by atoms with van der Waals surface area (Å²) in [5, 5.41) is 15.9. The third-order valence-electron chi connectivity index (χ3n) is 1.43. The number of nitro groups is 1. The number of rotatable bonds is 1. The van der Waals surface area contributed by atoms with E-state index in [1.54, 1.807) is 0 Å². The van der Waals surface area contributed by atoms with Crippen LogP contribution in [0.1, 0.15) is 13.8 Å². The summed E-state index contributed by atoms with van der Waals surface area (Å²) in [6.07, 6.45) is 0.939. The largest absolute Gasteiger partial charge is 0.364 e. The molecule has 0 radical (unpaired) electrons. The van der Waals surface area contributed by atoms with Gasteiger partial charge >= 0.3 is 0 Å². The molecule has 0 aromatic carbocycles. The summed E-state index contributed by atoms with van der Waals surface area (Å²) < 4.78 is 0. The topological polar surface area (TPSA) is 67.2 Å². The van der Waals surface area contributed by atoms with Crippen LogP contribution < -0.4 is 10.6 Å². The lowest BCUT2D eigenvalue weighted by Crippen LogP contribution is -2.34. The van der Waals surface area contributed by atoms with E-state index in [9.17, 15) is 10.1 Å². The van der Waals surface area contributed by atoms with Crippen LogP contribution in [0.25, 0.3) is 0 Å². The molecule has 1 aliphatic rings. The maximum absolute atomic E-state index is 10.0. The van der Waals surface area contributed by atoms with Crippen LogP contribution in [0.4, 0.5) is 0 Å². The van der Waals surface area contributed by atoms with Gasteiger partial charge in [0.2, 0.25) is 0 Å². The van der Waals surface area contributed by atoms with E-state index < -0.39 is 4.92 Å². The van der Waals surface area contributed by atoms with Crippen LogP contribution in [0.15, 0.2) is 12.0 Å². The molecule has 0 bridgehead atoms. The molecule has 62 valence electrons. The smallest absolute Gasteiger partial charge is 0.274 e. The molecule has 0 unspecified atom stereocenters. The fraction of sp³-hybridized carbons (Fsp3) is 0.667. The van der Waals surface area contributed by atoms with E-state index in [4.69, 9.17) is 0 Å². The van der Waals surface area contributed by atoms with Crippen molar-refractivity contribution in [3.8, 4) is 0 Å². The third-order valence-corrected chi connectivity index (χ3v) is 1.43. The minimum atomic E-state index is -0.475. The monoisotopic (exact) mass is 157 g/mol. The van der Waals surface area contributed by atoms with E-state index in [1.807, 2.05) is 13.8 Å². The number of hydrogen-bond donors (Lipinski definition) is 2. The van der Waals surface area contributed by atoms with Gasteiger partial charge in [-0.15, -0.1) is 0 Å². The normalized spacial score (nSPS) is 24.4. The predicted octanol–water partition coefficient (Wildman–Crippen LogP) is 0.0334. The van der Waals surface area contributed by atoms with Crippen molar-refractivity contribution in [3.63, 3.8) is 0 Å². The number of nitrogens with zero attached hydrogens (tertiary/aromatic N) is 1. The van der Waals surface area contributed by atoms with Crippen molar-refractivity contribution < 1.29 is 4.92 Å². The lowest BCUT2D eigenvalue weighted by molar-refractivity contribution is -0.404. The van der Waals surface area contributed by atoms with Gasteiger partial charge in [-0.1, -0.05) is 0 Å². The Labute approximate surface area is 64.6 Å². The van der Waals surface area contributed by atoms with Crippen molar-refractivity contribution >= 4 is 0 Å². The highest BCUT2D eigenvalue weighted by Crippen LogP contribution is 2.09. The Morgan fingerprint density at radius 3 is 2.73 bits per heavy atom. The van der Waals surface area contributed by atoms with Crippen molar-refractivity contribution in [1.29, 1.82) is 0 Å². The molecule has 5 nitrogen and oxygen atoms in total. The van der Waals surface area contributed by atoms with Gasteiger partial charge in [0.1, 0.15) is 0 Å². The van der Waals surface area contributed by atoms with Crippen LogP contribution in [-0.2, 0) is 0 Å². The van der Waals surface area contributed by atoms with E-state index in [0.29, 0.717) is 12.4 Å². The zero-order chi connectivity index (χ0) is 8.48. The zero-order valence-corrected chi connectivity index (χ0v) is 6.55. The molecule has 1 aliphatic heterocycles. The SMILES string of the molecule is CC1(C)CN/C(=C/[N+](=O)[O-])N1. The molecule has 0 saturated carbocycles. The Kier molecular flexibility index (Phi) is 1.72. The van der Waals surface area contributed by atoms with Gasteiger partial charge in [-0.05, 0) is 13.8 Å². The van der Waals surface area contributed by atoms with Crippen LogP contribution in [-0.4, -0.2) is 17.0 Å². The van der Waals surface area contributed by atoms with Gasteiger partial charge in [-0.25, -0.2) is 0 Å². The molecule has 0 aromatic rings. The van der Waals surface area contributed by atoms with Crippen molar-refractivity contribution in [2.45, 2.75) is 19.4 Å². The first-order valence-corrected chi connectivity index (χ1v) is 3.37. The van der Waals surface area contributed by atoms with Gasteiger partial charge in [-0.3, -0.25) is 10.1 Å². The molecule has 0 spiro atoms.